The summed E-state index contributed by atoms with van der Waals surface area (Å²) in [5.41, 5.74) is 5.79. The first-order chi connectivity index (χ1) is 9.75. The zero-order chi connectivity index (χ0) is 13.9. The molecule has 0 radical (unpaired) electrons. The van der Waals surface area contributed by atoms with Gasteiger partial charge in [-0.1, -0.05) is 11.2 Å². The fourth-order valence-electron chi connectivity index (χ4n) is 2.05. The molecular formula is C13H14N2O4S. The average Bonchev–Trinajstić information content (AvgIpc) is 3.08. The second-order valence-corrected chi connectivity index (χ2v) is 5.39. The van der Waals surface area contributed by atoms with Gasteiger partial charge in [-0.2, -0.15) is 0 Å². The molecule has 7 heteroatoms. The molecule has 0 aliphatic carbocycles. The summed E-state index contributed by atoms with van der Waals surface area (Å²) >= 11 is 1.48. The quantitative estimate of drug-likeness (QED) is 0.935. The summed E-state index contributed by atoms with van der Waals surface area (Å²) in [4.78, 5) is 12.3. The van der Waals surface area contributed by atoms with Crippen LogP contribution in [0.5, 0.6) is 5.75 Å². The molecule has 106 valence electrons. The summed E-state index contributed by atoms with van der Waals surface area (Å²) in [6.07, 6.45) is 2.42. The van der Waals surface area contributed by atoms with Crippen molar-refractivity contribution < 1.29 is 18.8 Å². The van der Waals surface area contributed by atoms with Crippen LogP contribution in [0.4, 0.5) is 0 Å². The highest BCUT2D eigenvalue weighted by Gasteiger charge is 2.27. The van der Waals surface area contributed by atoms with Gasteiger partial charge in [0.25, 0.3) is 11.7 Å². The molecule has 2 aromatic heterocycles. The largest absolute Gasteiger partial charge is 0.458 e. The highest BCUT2D eigenvalue weighted by Crippen LogP contribution is 2.36. The number of carbonyl (C=O) groups excluding carboxylic acids is 1. The fourth-order valence-corrected chi connectivity index (χ4v) is 2.76. The summed E-state index contributed by atoms with van der Waals surface area (Å²) < 4.78 is 16.3. The van der Waals surface area contributed by atoms with Gasteiger partial charge in [-0.3, -0.25) is 4.79 Å². The molecule has 20 heavy (non-hydrogen) atoms. The maximum atomic E-state index is 11.4. The van der Waals surface area contributed by atoms with Crippen LogP contribution in [0.15, 0.2) is 22.0 Å². The van der Waals surface area contributed by atoms with Gasteiger partial charge in [-0.25, -0.2) is 0 Å². The van der Waals surface area contributed by atoms with E-state index >= 15 is 0 Å². The van der Waals surface area contributed by atoms with Gasteiger partial charge in [0.05, 0.1) is 11.5 Å². The van der Waals surface area contributed by atoms with Crippen LogP contribution >= 0.6 is 11.3 Å². The van der Waals surface area contributed by atoms with E-state index in [0.29, 0.717) is 12.3 Å². The SMILES string of the molecule is NC(=O)c1onc(-c2cccs2)c1OC1CCCCO1. The Labute approximate surface area is 119 Å². The van der Waals surface area contributed by atoms with Crippen molar-refractivity contribution in [2.24, 2.45) is 5.73 Å². The lowest BCUT2D eigenvalue weighted by Gasteiger charge is -2.23. The summed E-state index contributed by atoms with van der Waals surface area (Å²) in [7, 11) is 0. The summed E-state index contributed by atoms with van der Waals surface area (Å²) in [5, 5.41) is 5.81. The molecule has 1 amide bonds. The highest BCUT2D eigenvalue weighted by atomic mass is 32.1. The van der Waals surface area contributed by atoms with Crippen LogP contribution in [-0.4, -0.2) is 24.0 Å². The molecule has 1 aliphatic rings. The van der Waals surface area contributed by atoms with E-state index in [0.717, 1.165) is 24.1 Å². The Morgan fingerprint density at radius 1 is 1.50 bits per heavy atom. The molecule has 0 spiro atoms. The molecular weight excluding hydrogens is 280 g/mol. The Balaban J connectivity index is 1.93. The van der Waals surface area contributed by atoms with Crippen molar-refractivity contribution in [1.29, 1.82) is 0 Å². The normalized spacial score (nSPS) is 18.9. The smallest absolute Gasteiger partial charge is 0.291 e. The van der Waals surface area contributed by atoms with Crippen molar-refractivity contribution in [2.75, 3.05) is 6.61 Å². The highest BCUT2D eigenvalue weighted by molar-refractivity contribution is 7.13. The lowest BCUT2D eigenvalue weighted by Crippen LogP contribution is -2.26. The molecule has 3 rings (SSSR count). The number of aromatic nitrogens is 1. The number of carbonyl (C=O) groups is 1. The Morgan fingerprint density at radius 2 is 2.40 bits per heavy atom. The molecule has 6 nitrogen and oxygen atoms in total. The van der Waals surface area contributed by atoms with Crippen molar-refractivity contribution in [1.82, 2.24) is 5.16 Å². The zero-order valence-corrected chi connectivity index (χ0v) is 11.5. The standard InChI is InChI=1S/C13H14N2O4S/c14-13(16)12-11(18-9-5-1-2-6-17-9)10(15-19-12)8-4-3-7-20-8/h3-4,7,9H,1-2,5-6H2,(H2,14,16). The van der Waals surface area contributed by atoms with Gasteiger partial charge in [0.15, 0.2) is 12.0 Å². The molecule has 2 aromatic rings. The van der Waals surface area contributed by atoms with Crippen molar-refractivity contribution >= 4 is 17.2 Å². The molecule has 1 saturated heterocycles. The van der Waals surface area contributed by atoms with Gasteiger partial charge in [0.2, 0.25) is 5.75 Å². The number of hydrogen-bond donors (Lipinski definition) is 1. The van der Waals surface area contributed by atoms with Crippen LogP contribution in [0.25, 0.3) is 10.6 Å². The molecule has 3 heterocycles. The molecule has 0 aromatic carbocycles. The molecule has 1 aliphatic heterocycles. The second-order valence-electron chi connectivity index (χ2n) is 4.44. The molecule has 0 saturated carbocycles. The first-order valence-electron chi connectivity index (χ1n) is 6.37. The fraction of sp³-hybridized carbons (Fsp3) is 0.385. The first kappa shape index (κ1) is 13.1. The van der Waals surface area contributed by atoms with Crippen LogP contribution in [0.1, 0.15) is 29.8 Å². The second kappa shape index (κ2) is 5.64. The lowest BCUT2D eigenvalue weighted by atomic mass is 10.2. The van der Waals surface area contributed by atoms with E-state index in [2.05, 4.69) is 5.16 Å². The molecule has 0 bridgehead atoms. The van der Waals surface area contributed by atoms with Crippen LogP contribution in [0.2, 0.25) is 0 Å². The lowest BCUT2D eigenvalue weighted by molar-refractivity contribution is -0.106. The van der Waals surface area contributed by atoms with E-state index in [1.807, 2.05) is 17.5 Å². The number of primary amides is 1. The van der Waals surface area contributed by atoms with Crippen LogP contribution in [-0.2, 0) is 4.74 Å². The number of ether oxygens (including phenoxy) is 2. The number of nitrogens with two attached hydrogens (primary N) is 1. The van der Waals surface area contributed by atoms with Gasteiger partial charge in [-0.15, -0.1) is 11.3 Å². The summed E-state index contributed by atoms with van der Waals surface area (Å²) in [6.45, 7) is 0.649. The number of amides is 1. The van der Waals surface area contributed by atoms with E-state index in [4.69, 9.17) is 19.7 Å². The minimum atomic E-state index is -0.703. The zero-order valence-electron chi connectivity index (χ0n) is 10.7. The minimum absolute atomic E-state index is 0.0671. The average molecular weight is 294 g/mol. The van der Waals surface area contributed by atoms with Gasteiger partial charge < -0.3 is 19.7 Å². The van der Waals surface area contributed by atoms with Crippen molar-refractivity contribution in [3.05, 3.63) is 23.3 Å². The Kier molecular flexibility index (Phi) is 3.70. The number of thiophene rings is 1. The Hall–Kier alpha value is -1.86. The maximum absolute atomic E-state index is 11.4. The third-order valence-electron chi connectivity index (χ3n) is 3.02. The number of nitrogens with zero attached hydrogens (tertiary/aromatic N) is 1. The van der Waals surface area contributed by atoms with Gasteiger partial charge >= 0.3 is 0 Å². The van der Waals surface area contributed by atoms with Gasteiger partial charge in [0.1, 0.15) is 0 Å². The monoisotopic (exact) mass is 294 g/mol. The first-order valence-corrected chi connectivity index (χ1v) is 7.25. The van der Waals surface area contributed by atoms with E-state index in [1.165, 1.54) is 11.3 Å². The van der Waals surface area contributed by atoms with E-state index in [-0.39, 0.29) is 17.8 Å². The predicted octanol–water partition coefficient (Wildman–Crippen LogP) is 2.41. The van der Waals surface area contributed by atoms with Crippen LogP contribution in [0, 0.1) is 0 Å². The topological polar surface area (TPSA) is 87.6 Å². The number of rotatable bonds is 4. The molecule has 1 unspecified atom stereocenters. The molecule has 1 fully saturated rings. The molecule has 2 N–H and O–H groups in total. The van der Waals surface area contributed by atoms with Gasteiger partial charge in [-0.05, 0) is 24.3 Å². The third-order valence-corrected chi connectivity index (χ3v) is 3.89. The Morgan fingerprint density at radius 3 is 3.05 bits per heavy atom. The Bertz CT molecular complexity index is 588. The molecule has 1 atom stereocenters. The van der Waals surface area contributed by atoms with E-state index < -0.39 is 5.91 Å². The van der Waals surface area contributed by atoms with Crippen LogP contribution in [0.3, 0.4) is 0 Å². The number of hydrogen-bond acceptors (Lipinski definition) is 6. The van der Waals surface area contributed by atoms with E-state index in [1.54, 1.807) is 0 Å². The van der Waals surface area contributed by atoms with Crippen molar-refractivity contribution in [3.63, 3.8) is 0 Å². The third kappa shape index (κ3) is 2.54. The van der Waals surface area contributed by atoms with Crippen molar-refractivity contribution in [3.8, 4) is 16.3 Å². The van der Waals surface area contributed by atoms with Crippen molar-refractivity contribution in [2.45, 2.75) is 25.6 Å². The summed E-state index contributed by atoms with van der Waals surface area (Å²) in [6, 6.07) is 3.77. The van der Waals surface area contributed by atoms with Gasteiger partial charge in [0, 0.05) is 6.42 Å². The minimum Gasteiger partial charge on any atom is -0.458 e. The van der Waals surface area contributed by atoms with Crippen LogP contribution < -0.4 is 10.5 Å². The summed E-state index contributed by atoms with van der Waals surface area (Å²) in [5.74, 6) is -0.500. The maximum Gasteiger partial charge on any atom is 0.291 e. The van der Waals surface area contributed by atoms with E-state index in [9.17, 15) is 4.79 Å². The predicted molar refractivity (Wildman–Crippen MR) is 72.6 cm³/mol.